The minimum atomic E-state index is -0.0474. The van der Waals surface area contributed by atoms with E-state index in [2.05, 4.69) is 11.1 Å². The van der Waals surface area contributed by atoms with Crippen LogP contribution in [0, 0.1) is 11.3 Å². The minimum absolute atomic E-state index is 0.0474. The number of fused-ring (bicyclic) bond motifs is 1. The van der Waals surface area contributed by atoms with Crippen molar-refractivity contribution in [1.29, 1.82) is 5.26 Å². The molecule has 2 rings (SSSR count). The van der Waals surface area contributed by atoms with Crippen molar-refractivity contribution in [2.45, 2.75) is 26.3 Å². The van der Waals surface area contributed by atoms with E-state index in [1.54, 1.807) is 11.1 Å². The molecule has 0 radical (unpaired) electrons. The zero-order valence-electron chi connectivity index (χ0n) is 11.7. The SMILES string of the molecule is CC(C)N(CCC#N)C(=O)c1cccc2ncccc12. The van der Waals surface area contributed by atoms with Gasteiger partial charge in [-0.25, -0.2) is 0 Å². The maximum atomic E-state index is 12.7. The lowest BCUT2D eigenvalue weighted by Crippen LogP contribution is -2.37. The van der Waals surface area contributed by atoms with Gasteiger partial charge in [0.25, 0.3) is 5.91 Å². The number of pyridine rings is 1. The summed E-state index contributed by atoms with van der Waals surface area (Å²) < 4.78 is 0. The first-order chi connectivity index (χ1) is 9.65. The summed E-state index contributed by atoms with van der Waals surface area (Å²) in [6.45, 7) is 4.36. The van der Waals surface area contributed by atoms with Gasteiger partial charge >= 0.3 is 0 Å². The Labute approximate surface area is 118 Å². The lowest BCUT2D eigenvalue weighted by molar-refractivity contribution is 0.0712. The fourth-order valence-corrected chi connectivity index (χ4v) is 2.21. The van der Waals surface area contributed by atoms with Gasteiger partial charge in [0.05, 0.1) is 18.0 Å². The Bertz CT molecular complexity index is 653. The van der Waals surface area contributed by atoms with Gasteiger partial charge in [0, 0.05) is 29.7 Å². The largest absolute Gasteiger partial charge is 0.335 e. The van der Waals surface area contributed by atoms with Crippen molar-refractivity contribution in [2.75, 3.05) is 6.54 Å². The molecule has 4 heteroatoms. The highest BCUT2D eigenvalue weighted by Crippen LogP contribution is 2.19. The smallest absolute Gasteiger partial charge is 0.254 e. The van der Waals surface area contributed by atoms with Crippen LogP contribution in [0.2, 0.25) is 0 Å². The molecule has 0 aliphatic heterocycles. The summed E-state index contributed by atoms with van der Waals surface area (Å²) in [7, 11) is 0. The van der Waals surface area contributed by atoms with Crippen molar-refractivity contribution >= 4 is 16.8 Å². The van der Waals surface area contributed by atoms with Crippen molar-refractivity contribution in [3.63, 3.8) is 0 Å². The summed E-state index contributed by atoms with van der Waals surface area (Å²) in [6, 6.07) is 11.4. The molecule has 0 aliphatic carbocycles. The van der Waals surface area contributed by atoms with E-state index < -0.39 is 0 Å². The summed E-state index contributed by atoms with van der Waals surface area (Å²) >= 11 is 0. The standard InChI is InChI=1S/C16H17N3O/c1-12(2)19(11-5-9-17)16(20)14-6-3-8-15-13(14)7-4-10-18-15/h3-4,6-8,10,12H,5,11H2,1-2H3. The number of nitriles is 1. The lowest BCUT2D eigenvalue weighted by Gasteiger charge is -2.26. The van der Waals surface area contributed by atoms with Crippen LogP contribution in [0.1, 0.15) is 30.6 Å². The second-order valence-corrected chi connectivity index (χ2v) is 4.88. The number of hydrogen-bond acceptors (Lipinski definition) is 3. The summed E-state index contributed by atoms with van der Waals surface area (Å²) in [5.41, 5.74) is 1.45. The third-order valence-corrected chi connectivity index (χ3v) is 3.22. The van der Waals surface area contributed by atoms with Gasteiger partial charge in [0.15, 0.2) is 0 Å². The van der Waals surface area contributed by atoms with Gasteiger partial charge in [-0.15, -0.1) is 0 Å². The predicted molar refractivity (Wildman–Crippen MR) is 78.1 cm³/mol. The Balaban J connectivity index is 2.41. The summed E-state index contributed by atoms with van der Waals surface area (Å²) in [4.78, 5) is 18.7. The van der Waals surface area contributed by atoms with Gasteiger partial charge in [-0.3, -0.25) is 9.78 Å². The second kappa shape index (κ2) is 6.16. The van der Waals surface area contributed by atoms with Gasteiger partial charge in [-0.05, 0) is 32.0 Å². The Morgan fingerprint density at radius 3 is 2.85 bits per heavy atom. The highest BCUT2D eigenvalue weighted by molar-refractivity contribution is 6.06. The fraction of sp³-hybridized carbons (Fsp3) is 0.312. The van der Waals surface area contributed by atoms with Crippen LogP contribution >= 0.6 is 0 Å². The molecule has 4 nitrogen and oxygen atoms in total. The second-order valence-electron chi connectivity index (χ2n) is 4.88. The Kier molecular flexibility index (Phi) is 4.31. The predicted octanol–water partition coefficient (Wildman–Crippen LogP) is 3.00. The van der Waals surface area contributed by atoms with Gasteiger partial charge in [-0.1, -0.05) is 12.1 Å². The molecule has 1 aromatic heterocycles. The van der Waals surface area contributed by atoms with E-state index in [-0.39, 0.29) is 11.9 Å². The fourth-order valence-electron chi connectivity index (χ4n) is 2.21. The van der Waals surface area contributed by atoms with Gasteiger partial charge in [-0.2, -0.15) is 5.26 Å². The number of aromatic nitrogens is 1. The number of hydrogen-bond donors (Lipinski definition) is 0. The Morgan fingerprint density at radius 2 is 2.15 bits per heavy atom. The van der Waals surface area contributed by atoms with E-state index in [4.69, 9.17) is 5.26 Å². The van der Waals surface area contributed by atoms with Crippen molar-refractivity contribution < 1.29 is 4.79 Å². The Hall–Kier alpha value is -2.41. The average Bonchev–Trinajstić information content (AvgIpc) is 2.46. The number of amides is 1. The van der Waals surface area contributed by atoms with Gasteiger partial charge < -0.3 is 4.90 Å². The molecule has 0 saturated carbocycles. The molecule has 0 bridgehead atoms. The maximum Gasteiger partial charge on any atom is 0.254 e. The van der Waals surface area contributed by atoms with E-state index in [9.17, 15) is 4.79 Å². The zero-order chi connectivity index (χ0) is 14.5. The van der Waals surface area contributed by atoms with Crippen LogP contribution in [-0.2, 0) is 0 Å². The monoisotopic (exact) mass is 267 g/mol. The first kappa shape index (κ1) is 14.0. The number of rotatable bonds is 4. The molecule has 0 unspecified atom stereocenters. The molecule has 1 amide bonds. The number of carbonyl (C=O) groups excluding carboxylic acids is 1. The van der Waals surface area contributed by atoms with Crippen molar-refractivity contribution in [1.82, 2.24) is 9.88 Å². The maximum absolute atomic E-state index is 12.7. The molecular weight excluding hydrogens is 250 g/mol. The average molecular weight is 267 g/mol. The molecule has 20 heavy (non-hydrogen) atoms. The molecular formula is C16H17N3O. The van der Waals surface area contributed by atoms with Crippen LogP contribution in [-0.4, -0.2) is 28.4 Å². The molecule has 0 N–H and O–H groups in total. The highest BCUT2D eigenvalue weighted by atomic mass is 16.2. The number of benzene rings is 1. The molecule has 0 spiro atoms. The van der Waals surface area contributed by atoms with E-state index in [1.165, 1.54) is 0 Å². The first-order valence-electron chi connectivity index (χ1n) is 6.67. The summed E-state index contributed by atoms with van der Waals surface area (Å²) in [5, 5.41) is 9.57. The van der Waals surface area contributed by atoms with Crippen LogP contribution in [0.4, 0.5) is 0 Å². The molecule has 102 valence electrons. The third kappa shape index (κ3) is 2.77. The normalized spacial score (nSPS) is 10.5. The number of nitrogens with zero attached hydrogens (tertiary/aromatic N) is 3. The van der Waals surface area contributed by atoms with Crippen molar-refractivity contribution in [2.24, 2.45) is 0 Å². The molecule has 1 heterocycles. The zero-order valence-corrected chi connectivity index (χ0v) is 11.7. The van der Waals surface area contributed by atoms with E-state index in [0.717, 1.165) is 10.9 Å². The topological polar surface area (TPSA) is 57.0 Å². The molecule has 0 aliphatic rings. The quantitative estimate of drug-likeness (QED) is 0.855. The molecule has 1 aromatic carbocycles. The van der Waals surface area contributed by atoms with Crippen molar-refractivity contribution in [3.05, 3.63) is 42.1 Å². The van der Waals surface area contributed by atoms with E-state index >= 15 is 0 Å². The van der Waals surface area contributed by atoms with Crippen LogP contribution in [0.15, 0.2) is 36.5 Å². The van der Waals surface area contributed by atoms with Crippen LogP contribution in [0.3, 0.4) is 0 Å². The first-order valence-corrected chi connectivity index (χ1v) is 6.67. The minimum Gasteiger partial charge on any atom is -0.335 e. The third-order valence-electron chi connectivity index (χ3n) is 3.22. The van der Waals surface area contributed by atoms with Crippen LogP contribution in [0.25, 0.3) is 10.9 Å². The molecule has 0 fully saturated rings. The molecule has 2 aromatic rings. The molecule has 0 saturated heterocycles. The Morgan fingerprint density at radius 1 is 1.35 bits per heavy atom. The van der Waals surface area contributed by atoms with Crippen molar-refractivity contribution in [3.8, 4) is 6.07 Å². The van der Waals surface area contributed by atoms with Gasteiger partial charge in [0.1, 0.15) is 0 Å². The van der Waals surface area contributed by atoms with Crippen LogP contribution < -0.4 is 0 Å². The summed E-state index contributed by atoms with van der Waals surface area (Å²) in [5.74, 6) is -0.0474. The van der Waals surface area contributed by atoms with E-state index in [0.29, 0.717) is 18.5 Å². The van der Waals surface area contributed by atoms with Gasteiger partial charge in [0.2, 0.25) is 0 Å². The molecule has 0 atom stereocenters. The highest BCUT2D eigenvalue weighted by Gasteiger charge is 2.20. The number of carbonyl (C=O) groups is 1. The summed E-state index contributed by atoms with van der Waals surface area (Å²) in [6.07, 6.45) is 2.05. The van der Waals surface area contributed by atoms with E-state index in [1.807, 2.05) is 44.2 Å². The lowest BCUT2D eigenvalue weighted by atomic mass is 10.1. The van der Waals surface area contributed by atoms with Crippen LogP contribution in [0.5, 0.6) is 0 Å².